The van der Waals surface area contributed by atoms with Gasteiger partial charge in [-0.05, 0) is 24.1 Å². The summed E-state index contributed by atoms with van der Waals surface area (Å²) in [5.41, 5.74) is -0.698. The molecule has 0 radical (unpaired) electrons. The highest BCUT2D eigenvalue weighted by molar-refractivity contribution is 5.82. The molecule has 3 atom stereocenters. The number of nitrogens with one attached hydrogen (secondary N) is 1. The molecular weight excluding hydrogens is 309 g/mol. The minimum atomic E-state index is -1.52. The lowest BCUT2D eigenvalue weighted by atomic mass is 10.0. The molecule has 1 heterocycles. The van der Waals surface area contributed by atoms with Gasteiger partial charge in [-0.15, -0.1) is 6.58 Å². The maximum absolute atomic E-state index is 13.5. The zero-order valence-corrected chi connectivity index (χ0v) is 12.8. The standard InChI is InChI=1S/C16H19F3N2O2/c1-3-5-20-13(8-21-9-16(21,4-2)15(22)23)10-6-11(17)14(19)12(18)7-10/h3,6-7,13,20H,1,4-5,8-9H2,2H3,(H,22,23)/t13-,16?,21-/m0/s1. The number of carboxylic acids is 1. The van der Waals surface area contributed by atoms with Crippen LogP contribution < -0.4 is 5.32 Å². The maximum atomic E-state index is 13.5. The quantitative estimate of drug-likeness (QED) is 0.437. The number of carbonyl (C=O) groups is 1. The van der Waals surface area contributed by atoms with Crippen LogP contribution in [0.1, 0.15) is 24.9 Å². The summed E-state index contributed by atoms with van der Waals surface area (Å²) in [6, 6.07) is 1.32. The zero-order chi connectivity index (χ0) is 17.2. The van der Waals surface area contributed by atoms with Crippen LogP contribution in [-0.4, -0.2) is 41.1 Å². The first kappa shape index (κ1) is 17.5. The van der Waals surface area contributed by atoms with Gasteiger partial charge in [0.15, 0.2) is 17.5 Å². The fourth-order valence-corrected chi connectivity index (χ4v) is 2.72. The van der Waals surface area contributed by atoms with Crippen LogP contribution in [-0.2, 0) is 4.79 Å². The topological polar surface area (TPSA) is 52.3 Å². The van der Waals surface area contributed by atoms with Crippen molar-refractivity contribution >= 4 is 5.97 Å². The lowest BCUT2D eigenvalue weighted by molar-refractivity contribution is -0.141. The zero-order valence-electron chi connectivity index (χ0n) is 12.8. The molecular formula is C16H19F3N2O2. The van der Waals surface area contributed by atoms with E-state index < -0.39 is 35.0 Å². The van der Waals surface area contributed by atoms with Crippen molar-refractivity contribution in [3.8, 4) is 0 Å². The largest absolute Gasteiger partial charge is 0.480 e. The van der Waals surface area contributed by atoms with Crippen LogP contribution in [0.25, 0.3) is 0 Å². The summed E-state index contributed by atoms with van der Waals surface area (Å²) in [4.78, 5) is 13.1. The Morgan fingerprint density at radius 2 is 2.09 bits per heavy atom. The Hall–Kier alpha value is -1.86. The van der Waals surface area contributed by atoms with Crippen LogP contribution in [0, 0.1) is 17.5 Å². The van der Waals surface area contributed by atoms with Gasteiger partial charge < -0.3 is 10.4 Å². The lowest BCUT2D eigenvalue weighted by Crippen LogP contribution is -2.34. The second-order valence-corrected chi connectivity index (χ2v) is 5.62. The van der Waals surface area contributed by atoms with E-state index in [0.29, 0.717) is 19.5 Å². The summed E-state index contributed by atoms with van der Waals surface area (Å²) in [5, 5.41) is 12.3. The molecule has 0 amide bonds. The minimum absolute atomic E-state index is 0.227. The Morgan fingerprint density at radius 3 is 2.52 bits per heavy atom. The lowest BCUT2D eigenvalue weighted by Gasteiger charge is -2.21. The van der Waals surface area contributed by atoms with Crippen LogP contribution in [0.15, 0.2) is 24.8 Å². The molecule has 1 aliphatic heterocycles. The summed E-state index contributed by atoms with van der Waals surface area (Å²) >= 11 is 0. The highest BCUT2D eigenvalue weighted by Gasteiger charge is 2.57. The van der Waals surface area contributed by atoms with E-state index in [1.54, 1.807) is 17.9 Å². The third-order valence-electron chi connectivity index (χ3n) is 4.26. The molecule has 126 valence electrons. The van der Waals surface area contributed by atoms with Crippen molar-refractivity contribution in [1.82, 2.24) is 10.2 Å². The van der Waals surface area contributed by atoms with Crippen molar-refractivity contribution in [1.29, 1.82) is 0 Å². The van der Waals surface area contributed by atoms with Crippen LogP contribution in [0.5, 0.6) is 0 Å². The first-order valence-electron chi connectivity index (χ1n) is 7.33. The average molecular weight is 328 g/mol. The van der Waals surface area contributed by atoms with E-state index >= 15 is 0 Å². The Bertz CT molecular complexity index is 600. The van der Waals surface area contributed by atoms with Gasteiger partial charge in [0.25, 0.3) is 0 Å². The number of aliphatic carboxylic acids is 1. The minimum Gasteiger partial charge on any atom is -0.480 e. The summed E-state index contributed by atoms with van der Waals surface area (Å²) in [5.74, 6) is -4.97. The molecule has 2 N–H and O–H groups in total. The molecule has 7 heteroatoms. The van der Waals surface area contributed by atoms with E-state index in [1.807, 2.05) is 0 Å². The van der Waals surface area contributed by atoms with Crippen molar-refractivity contribution in [2.24, 2.45) is 0 Å². The van der Waals surface area contributed by atoms with Crippen molar-refractivity contribution in [2.45, 2.75) is 24.9 Å². The summed E-state index contributed by atoms with van der Waals surface area (Å²) in [7, 11) is 0. The van der Waals surface area contributed by atoms with Crippen molar-refractivity contribution in [3.63, 3.8) is 0 Å². The third kappa shape index (κ3) is 3.40. The monoisotopic (exact) mass is 328 g/mol. The van der Waals surface area contributed by atoms with E-state index in [0.717, 1.165) is 12.1 Å². The van der Waals surface area contributed by atoms with Gasteiger partial charge in [0.2, 0.25) is 0 Å². The second kappa shape index (κ2) is 6.72. The highest BCUT2D eigenvalue weighted by atomic mass is 19.2. The average Bonchev–Trinajstić information content (AvgIpc) is 3.23. The van der Waals surface area contributed by atoms with Gasteiger partial charge >= 0.3 is 5.97 Å². The highest BCUT2D eigenvalue weighted by Crippen LogP contribution is 2.37. The number of benzene rings is 1. The van der Waals surface area contributed by atoms with Crippen LogP contribution in [0.4, 0.5) is 13.2 Å². The van der Waals surface area contributed by atoms with E-state index in [4.69, 9.17) is 0 Å². The van der Waals surface area contributed by atoms with Crippen molar-refractivity contribution in [2.75, 3.05) is 19.6 Å². The molecule has 1 unspecified atom stereocenters. The van der Waals surface area contributed by atoms with E-state index in [-0.39, 0.29) is 12.1 Å². The Balaban J connectivity index is 2.22. The molecule has 0 bridgehead atoms. The SMILES string of the molecule is C=CCN[C@@H](C[N@@]1CC1(CC)C(=O)O)c1cc(F)c(F)c(F)c1. The maximum Gasteiger partial charge on any atom is 0.325 e. The number of nitrogens with zero attached hydrogens (tertiary/aromatic N) is 1. The molecule has 0 spiro atoms. The molecule has 0 aromatic heterocycles. The van der Waals surface area contributed by atoms with Gasteiger partial charge in [-0.25, -0.2) is 13.2 Å². The third-order valence-corrected chi connectivity index (χ3v) is 4.26. The fourth-order valence-electron chi connectivity index (χ4n) is 2.72. The molecule has 0 saturated carbocycles. The number of halogens is 3. The second-order valence-electron chi connectivity index (χ2n) is 5.62. The van der Waals surface area contributed by atoms with Gasteiger partial charge in [0.1, 0.15) is 5.54 Å². The normalized spacial score (nSPS) is 24.3. The summed E-state index contributed by atoms with van der Waals surface area (Å²) in [6.07, 6.45) is 2.01. The van der Waals surface area contributed by atoms with Gasteiger partial charge in [-0.1, -0.05) is 13.0 Å². The molecule has 1 aromatic carbocycles. The van der Waals surface area contributed by atoms with Crippen molar-refractivity contribution in [3.05, 3.63) is 47.8 Å². The molecule has 4 nitrogen and oxygen atoms in total. The molecule has 1 saturated heterocycles. The number of rotatable bonds is 8. The van der Waals surface area contributed by atoms with Crippen molar-refractivity contribution < 1.29 is 23.1 Å². The number of hydrogen-bond donors (Lipinski definition) is 2. The van der Waals surface area contributed by atoms with E-state index in [2.05, 4.69) is 11.9 Å². The molecule has 1 aliphatic rings. The fraction of sp³-hybridized carbons (Fsp3) is 0.438. The summed E-state index contributed by atoms with van der Waals surface area (Å²) in [6.45, 7) is 6.33. The molecule has 1 fully saturated rings. The Labute approximate surface area is 132 Å². The van der Waals surface area contributed by atoms with Crippen LogP contribution in [0.3, 0.4) is 0 Å². The van der Waals surface area contributed by atoms with Gasteiger partial charge in [0.05, 0.1) is 0 Å². The Morgan fingerprint density at radius 1 is 1.48 bits per heavy atom. The molecule has 1 aromatic rings. The van der Waals surface area contributed by atoms with Gasteiger partial charge in [0, 0.05) is 25.7 Å². The molecule has 23 heavy (non-hydrogen) atoms. The first-order chi connectivity index (χ1) is 10.9. The Kier molecular flexibility index (Phi) is 5.11. The van der Waals surface area contributed by atoms with Crippen LogP contribution >= 0.6 is 0 Å². The predicted molar refractivity (Wildman–Crippen MR) is 79.5 cm³/mol. The number of hydrogen-bond acceptors (Lipinski definition) is 3. The predicted octanol–water partition coefficient (Wildman–Crippen LogP) is 2.47. The summed E-state index contributed by atoms with van der Waals surface area (Å²) < 4.78 is 40.0. The van der Waals surface area contributed by atoms with Crippen LogP contribution in [0.2, 0.25) is 0 Å². The number of carboxylic acid groups (broad SMARTS) is 1. The van der Waals surface area contributed by atoms with Gasteiger partial charge in [-0.3, -0.25) is 9.69 Å². The van der Waals surface area contributed by atoms with E-state index in [9.17, 15) is 23.1 Å². The van der Waals surface area contributed by atoms with E-state index in [1.165, 1.54) is 0 Å². The van der Waals surface area contributed by atoms with Gasteiger partial charge in [-0.2, -0.15) is 0 Å². The molecule has 2 rings (SSSR count). The first-order valence-corrected chi connectivity index (χ1v) is 7.33. The smallest absolute Gasteiger partial charge is 0.325 e. The molecule has 0 aliphatic carbocycles.